The van der Waals surface area contributed by atoms with Crippen molar-refractivity contribution in [3.8, 4) is 0 Å². The molecule has 6 heteroatoms. The number of likely N-dealkylation sites (tertiary alicyclic amines) is 1. The maximum atomic E-state index is 12.0. The lowest BCUT2D eigenvalue weighted by Gasteiger charge is -2.31. The third-order valence-corrected chi connectivity index (χ3v) is 2.57. The second kappa shape index (κ2) is 4.49. The molecule has 1 N–H and O–H groups in total. The van der Waals surface area contributed by atoms with Gasteiger partial charge in [-0.3, -0.25) is 9.69 Å². The standard InChI is InChI=1S/C9H14F3NO2/c1-6-4-13(3-2-7(6)14)5-8(15)9(10,11)12/h6,8,15H,2-5H2,1H3/t6-,8-/m1/s1. The van der Waals surface area contributed by atoms with Crippen molar-refractivity contribution in [2.24, 2.45) is 5.92 Å². The van der Waals surface area contributed by atoms with Crippen LogP contribution in [0.3, 0.4) is 0 Å². The zero-order chi connectivity index (χ0) is 11.6. The number of rotatable bonds is 2. The third-order valence-electron chi connectivity index (χ3n) is 2.57. The van der Waals surface area contributed by atoms with Crippen LogP contribution in [0, 0.1) is 5.92 Å². The minimum atomic E-state index is -4.58. The minimum Gasteiger partial charge on any atom is -0.382 e. The zero-order valence-corrected chi connectivity index (χ0v) is 8.42. The van der Waals surface area contributed by atoms with Gasteiger partial charge in [-0.05, 0) is 0 Å². The predicted octanol–water partition coefficient (Wildman–Crippen LogP) is 0.820. The monoisotopic (exact) mass is 225 g/mol. The van der Waals surface area contributed by atoms with Crippen LogP contribution >= 0.6 is 0 Å². The van der Waals surface area contributed by atoms with E-state index in [4.69, 9.17) is 5.11 Å². The summed E-state index contributed by atoms with van der Waals surface area (Å²) in [5.41, 5.74) is 0. The van der Waals surface area contributed by atoms with Crippen molar-refractivity contribution in [3.05, 3.63) is 0 Å². The van der Waals surface area contributed by atoms with Gasteiger partial charge in [0.25, 0.3) is 0 Å². The summed E-state index contributed by atoms with van der Waals surface area (Å²) in [6, 6.07) is 0. The SMILES string of the molecule is C[C@@H]1CN(C[C@@H](O)C(F)(F)F)CCC1=O. The molecule has 88 valence electrons. The van der Waals surface area contributed by atoms with Crippen molar-refractivity contribution in [1.82, 2.24) is 4.90 Å². The van der Waals surface area contributed by atoms with Crippen LogP contribution in [-0.4, -0.2) is 47.7 Å². The van der Waals surface area contributed by atoms with Gasteiger partial charge in [0.2, 0.25) is 0 Å². The quantitative estimate of drug-likeness (QED) is 0.756. The van der Waals surface area contributed by atoms with Gasteiger partial charge in [-0.1, -0.05) is 6.92 Å². The molecule has 0 aliphatic carbocycles. The topological polar surface area (TPSA) is 40.5 Å². The molecule has 3 nitrogen and oxygen atoms in total. The fraction of sp³-hybridized carbons (Fsp3) is 0.889. The van der Waals surface area contributed by atoms with Gasteiger partial charge < -0.3 is 5.11 Å². The second-order valence-electron chi connectivity index (χ2n) is 3.93. The maximum Gasteiger partial charge on any atom is 0.415 e. The summed E-state index contributed by atoms with van der Waals surface area (Å²) in [6.45, 7) is 1.85. The van der Waals surface area contributed by atoms with Crippen molar-refractivity contribution in [1.29, 1.82) is 0 Å². The molecule has 1 heterocycles. The van der Waals surface area contributed by atoms with E-state index in [1.807, 2.05) is 0 Å². The molecule has 0 spiro atoms. The second-order valence-corrected chi connectivity index (χ2v) is 3.93. The molecule has 0 bridgehead atoms. The summed E-state index contributed by atoms with van der Waals surface area (Å²) in [5, 5.41) is 8.84. The van der Waals surface area contributed by atoms with Crippen molar-refractivity contribution < 1.29 is 23.1 Å². The van der Waals surface area contributed by atoms with E-state index in [0.717, 1.165) is 0 Å². The molecule has 0 radical (unpaired) electrons. The Hall–Kier alpha value is -0.620. The normalized spacial score (nSPS) is 26.7. The van der Waals surface area contributed by atoms with Crippen molar-refractivity contribution in [2.45, 2.75) is 25.6 Å². The molecule has 0 aromatic carbocycles. The first-order valence-electron chi connectivity index (χ1n) is 4.80. The number of β-amino-alcohol motifs (C(OH)–C–C–N with tert-alkyl or cyclic N) is 1. The number of alkyl halides is 3. The largest absolute Gasteiger partial charge is 0.415 e. The molecule has 1 aliphatic heterocycles. The Morgan fingerprint density at radius 2 is 2.20 bits per heavy atom. The van der Waals surface area contributed by atoms with Gasteiger partial charge in [-0.2, -0.15) is 13.2 Å². The summed E-state index contributed by atoms with van der Waals surface area (Å²) in [4.78, 5) is 12.6. The number of carbonyl (C=O) groups is 1. The number of halogens is 3. The predicted molar refractivity (Wildman–Crippen MR) is 47.3 cm³/mol. The molecule has 0 unspecified atom stereocenters. The highest BCUT2D eigenvalue weighted by Gasteiger charge is 2.40. The average molecular weight is 225 g/mol. The van der Waals surface area contributed by atoms with Gasteiger partial charge in [0.15, 0.2) is 6.10 Å². The fourth-order valence-corrected chi connectivity index (χ4v) is 1.61. The van der Waals surface area contributed by atoms with E-state index in [9.17, 15) is 18.0 Å². The Morgan fingerprint density at radius 1 is 1.60 bits per heavy atom. The van der Waals surface area contributed by atoms with Crippen molar-refractivity contribution in [2.75, 3.05) is 19.6 Å². The number of aliphatic hydroxyl groups excluding tert-OH is 1. The smallest absolute Gasteiger partial charge is 0.382 e. The highest BCUT2D eigenvalue weighted by Crippen LogP contribution is 2.22. The number of piperidine rings is 1. The molecule has 1 rings (SSSR count). The van der Waals surface area contributed by atoms with Crippen LogP contribution in [0.5, 0.6) is 0 Å². The van der Waals surface area contributed by atoms with E-state index in [2.05, 4.69) is 0 Å². The summed E-state index contributed by atoms with van der Waals surface area (Å²) in [7, 11) is 0. The molecular formula is C9H14F3NO2. The fourth-order valence-electron chi connectivity index (χ4n) is 1.61. The zero-order valence-electron chi connectivity index (χ0n) is 8.42. The van der Waals surface area contributed by atoms with Gasteiger partial charge in [0, 0.05) is 32.0 Å². The number of nitrogens with zero attached hydrogens (tertiary/aromatic N) is 1. The highest BCUT2D eigenvalue weighted by atomic mass is 19.4. The lowest BCUT2D eigenvalue weighted by molar-refractivity contribution is -0.208. The van der Waals surface area contributed by atoms with Gasteiger partial charge in [-0.15, -0.1) is 0 Å². The molecule has 0 amide bonds. The van der Waals surface area contributed by atoms with Gasteiger partial charge in [-0.25, -0.2) is 0 Å². The Kier molecular flexibility index (Phi) is 3.72. The summed E-state index contributed by atoms with van der Waals surface area (Å²) in [5.74, 6) is -0.160. The highest BCUT2D eigenvalue weighted by molar-refractivity contribution is 5.81. The summed E-state index contributed by atoms with van der Waals surface area (Å²) in [6.07, 6.45) is -6.63. The van der Waals surface area contributed by atoms with E-state index in [0.29, 0.717) is 13.1 Å². The maximum absolute atomic E-state index is 12.0. The van der Waals surface area contributed by atoms with Crippen molar-refractivity contribution >= 4 is 5.78 Å². The lowest BCUT2D eigenvalue weighted by Crippen LogP contribution is -2.46. The molecule has 1 saturated heterocycles. The Morgan fingerprint density at radius 3 is 2.67 bits per heavy atom. The van der Waals surface area contributed by atoms with Crippen molar-refractivity contribution in [3.63, 3.8) is 0 Å². The van der Waals surface area contributed by atoms with Crippen LogP contribution in [0.4, 0.5) is 13.2 Å². The van der Waals surface area contributed by atoms with E-state index in [1.54, 1.807) is 6.92 Å². The Bertz CT molecular complexity index is 242. The first kappa shape index (κ1) is 12.4. The van der Waals surface area contributed by atoms with E-state index in [-0.39, 0.29) is 18.1 Å². The van der Waals surface area contributed by atoms with Gasteiger partial charge in [0.1, 0.15) is 5.78 Å². The summed E-state index contributed by atoms with van der Waals surface area (Å²) < 4.78 is 36.1. The Labute approximate surface area is 85.9 Å². The third kappa shape index (κ3) is 3.46. The van der Waals surface area contributed by atoms with Crippen LogP contribution in [0.25, 0.3) is 0 Å². The van der Waals surface area contributed by atoms with Crippen LogP contribution in [0.15, 0.2) is 0 Å². The summed E-state index contributed by atoms with van der Waals surface area (Å²) >= 11 is 0. The van der Waals surface area contributed by atoms with Crippen LogP contribution in [-0.2, 0) is 4.79 Å². The van der Waals surface area contributed by atoms with E-state index < -0.39 is 18.8 Å². The Balaban J connectivity index is 2.43. The van der Waals surface area contributed by atoms with E-state index in [1.165, 1.54) is 4.90 Å². The molecule has 2 atom stereocenters. The molecule has 15 heavy (non-hydrogen) atoms. The molecular weight excluding hydrogens is 211 g/mol. The first-order chi connectivity index (χ1) is 6.80. The number of aliphatic hydroxyl groups is 1. The lowest BCUT2D eigenvalue weighted by atomic mass is 9.98. The van der Waals surface area contributed by atoms with Crippen LogP contribution < -0.4 is 0 Å². The number of carbonyl (C=O) groups excluding carboxylic acids is 1. The first-order valence-corrected chi connectivity index (χ1v) is 4.80. The molecule has 0 aromatic heterocycles. The number of hydrogen-bond acceptors (Lipinski definition) is 3. The van der Waals surface area contributed by atoms with E-state index >= 15 is 0 Å². The van der Waals surface area contributed by atoms with Gasteiger partial charge >= 0.3 is 6.18 Å². The van der Waals surface area contributed by atoms with Gasteiger partial charge in [0.05, 0.1) is 0 Å². The molecule has 0 saturated carbocycles. The minimum absolute atomic E-state index is 0.0766. The molecule has 1 fully saturated rings. The number of ketones is 1. The number of Topliss-reactive ketones (excluding diaryl/α,β-unsaturated/α-hetero) is 1. The molecule has 1 aliphatic rings. The van der Waals surface area contributed by atoms with Crippen LogP contribution in [0.2, 0.25) is 0 Å². The van der Waals surface area contributed by atoms with Crippen LogP contribution in [0.1, 0.15) is 13.3 Å². The number of hydrogen-bond donors (Lipinski definition) is 1. The molecule has 0 aromatic rings. The average Bonchev–Trinajstić information content (AvgIpc) is 2.10.